The van der Waals surface area contributed by atoms with E-state index >= 15 is 0 Å². The Balaban J connectivity index is 1.40. The van der Waals surface area contributed by atoms with E-state index in [1.165, 1.54) is 5.56 Å². The Labute approximate surface area is 154 Å². The van der Waals surface area contributed by atoms with E-state index in [9.17, 15) is 4.79 Å². The third-order valence-corrected chi connectivity index (χ3v) is 4.91. The van der Waals surface area contributed by atoms with Crippen LogP contribution in [0.1, 0.15) is 48.9 Å². The fourth-order valence-electron chi connectivity index (χ4n) is 3.35. The fraction of sp³-hybridized carbons (Fsp3) is 0.550. The van der Waals surface area contributed by atoms with Crippen molar-refractivity contribution in [3.8, 4) is 0 Å². The first-order chi connectivity index (χ1) is 12.8. The Bertz CT molecular complexity index is 679. The molecule has 140 valence electrons. The summed E-state index contributed by atoms with van der Waals surface area (Å²) in [4.78, 5) is 18.9. The van der Waals surface area contributed by atoms with Crippen molar-refractivity contribution in [3.05, 3.63) is 47.6 Å². The van der Waals surface area contributed by atoms with Gasteiger partial charge in [0.2, 0.25) is 11.8 Å². The molecule has 0 spiro atoms. The molecule has 1 fully saturated rings. The minimum Gasteiger partial charge on any atom is -0.384 e. The lowest BCUT2D eigenvalue weighted by molar-refractivity contribution is -0.132. The molecule has 6 nitrogen and oxygen atoms in total. The van der Waals surface area contributed by atoms with Crippen molar-refractivity contribution in [3.63, 3.8) is 0 Å². The molecule has 3 rings (SSSR count). The molecule has 0 atom stereocenters. The SMILES string of the molecule is COCCc1noc(C2CCN(C(=O)CCCc3ccccc3)CC2)n1. The fourth-order valence-corrected chi connectivity index (χ4v) is 3.35. The van der Waals surface area contributed by atoms with Crippen LogP contribution in [0.4, 0.5) is 0 Å². The smallest absolute Gasteiger partial charge is 0.229 e. The normalized spacial score (nSPS) is 15.3. The van der Waals surface area contributed by atoms with E-state index in [4.69, 9.17) is 9.26 Å². The van der Waals surface area contributed by atoms with Gasteiger partial charge in [0.1, 0.15) is 0 Å². The zero-order valence-corrected chi connectivity index (χ0v) is 15.4. The number of aryl methyl sites for hydroxylation is 1. The van der Waals surface area contributed by atoms with Gasteiger partial charge >= 0.3 is 0 Å². The van der Waals surface area contributed by atoms with Crippen LogP contribution in [0, 0.1) is 0 Å². The molecule has 2 heterocycles. The lowest BCUT2D eigenvalue weighted by atomic mass is 9.96. The average molecular weight is 357 g/mol. The van der Waals surface area contributed by atoms with Crippen molar-refractivity contribution in [2.75, 3.05) is 26.8 Å². The Kier molecular flexibility index (Phi) is 6.77. The molecule has 0 N–H and O–H groups in total. The summed E-state index contributed by atoms with van der Waals surface area (Å²) >= 11 is 0. The van der Waals surface area contributed by atoms with Gasteiger partial charge in [-0.25, -0.2) is 0 Å². The topological polar surface area (TPSA) is 68.5 Å². The van der Waals surface area contributed by atoms with Gasteiger partial charge < -0.3 is 14.2 Å². The van der Waals surface area contributed by atoms with Crippen LogP contribution >= 0.6 is 0 Å². The molecule has 1 aliphatic rings. The summed E-state index contributed by atoms with van der Waals surface area (Å²) in [7, 11) is 1.66. The molecule has 1 amide bonds. The molecule has 26 heavy (non-hydrogen) atoms. The minimum atomic E-state index is 0.255. The van der Waals surface area contributed by atoms with Crippen LogP contribution in [-0.2, 0) is 22.4 Å². The molecule has 1 aromatic carbocycles. The van der Waals surface area contributed by atoms with Crippen molar-refractivity contribution in [2.45, 2.75) is 44.4 Å². The number of likely N-dealkylation sites (tertiary alicyclic amines) is 1. The van der Waals surface area contributed by atoms with Gasteiger partial charge in [-0.1, -0.05) is 35.5 Å². The van der Waals surface area contributed by atoms with Gasteiger partial charge in [0, 0.05) is 39.0 Å². The predicted octanol–water partition coefficient (Wildman–Crippen LogP) is 2.99. The van der Waals surface area contributed by atoms with Gasteiger partial charge in [-0.3, -0.25) is 4.79 Å². The molecular formula is C20H27N3O3. The zero-order valence-electron chi connectivity index (χ0n) is 15.4. The molecule has 1 aromatic heterocycles. The highest BCUT2D eigenvalue weighted by molar-refractivity contribution is 5.76. The van der Waals surface area contributed by atoms with Gasteiger partial charge in [0.15, 0.2) is 5.82 Å². The lowest BCUT2D eigenvalue weighted by Gasteiger charge is -2.30. The maximum absolute atomic E-state index is 12.4. The molecule has 0 aliphatic carbocycles. The first-order valence-electron chi connectivity index (χ1n) is 9.39. The Morgan fingerprint density at radius 2 is 2.00 bits per heavy atom. The van der Waals surface area contributed by atoms with E-state index in [1.54, 1.807) is 7.11 Å². The van der Waals surface area contributed by atoms with Crippen LogP contribution in [0.3, 0.4) is 0 Å². The maximum Gasteiger partial charge on any atom is 0.229 e. The van der Waals surface area contributed by atoms with Crippen LogP contribution in [0.25, 0.3) is 0 Å². The molecule has 0 radical (unpaired) electrons. The van der Waals surface area contributed by atoms with Crippen LogP contribution in [0.15, 0.2) is 34.9 Å². The zero-order chi connectivity index (χ0) is 18.2. The van der Waals surface area contributed by atoms with E-state index in [1.807, 2.05) is 23.1 Å². The third-order valence-electron chi connectivity index (χ3n) is 4.91. The molecule has 1 aliphatic heterocycles. The number of aromatic nitrogens is 2. The summed E-state index contributed by atoms with van der Waals surface area (Å²) in [6.07, 6.45) is 4.90. The number of piperidine rings is 1. The largest absolute Gasteiger partial charge is 0.384 e. The second-order valence-electron chi connectivity index (χ2n) is 6.79. The number of carbonyl (C=O) groups is 1. The standard InChI is InChI=1S/C20H27N3O3/c1-25-15-12-18-21-20(26-22-18)17-10-13-23(14-11-17)19(24)9-5-8-16-6-3-2-4-7-16/h2-4,6-7,17H,5,8-15H2,1H3. The van der Waals surface area contributed by atoms with E-state index in [-0.39, 0.29) is 11.8 Å². The predicted molar refractivity (Wildman–Crippen MR) is 97.8 cm³/mol. The van der Waals surface area contributed by atoms with Gasteiger partial charge in [-0.2, -0.15) is 4.98 Å². The number of methoxy groups -OCH3 is 1. The summed E-state index contributed by atoms with van der Waals surface area (Å²) in [6.45, 7) is 2.13. The monoisotopic (exact) mass is 357 g/mol. The molecule has 0 bridgehead atoms. The lowest BCUT2D eigenvalue weighted by Crippen LogP contribution is -2.37. The second kappa shape index (κ2) is 9.48. The summed E-state index contributed by atoms with van der Waals surface area (Å²) in [6, 6.07) is 10.3. The minimum absolute atomic E-state index is 0.255. The number of hydrogen-bond acceptors (Lipinski definition) is 5. The number of nitrogens with zero attached hydrogens (tertiary/aromatic N) is 3. The summed E-state index contributed by atoms with van der Waals surface area (Å²) in [5.74, 6) is 1.91. The first-order valence-corrected chi connectivity index (χ1v) is 9.39. The Morgan fingerprint density at radius 3 is 2.73 bits per heavy atom. The first kappa shape index (κ1) is 18.6. The highest BCUT2D eigenvalue weighted by Crippen LogP contribution is 2.27. The molecule has 1 saturated heterocycles. The van der Waals surface area contributed by atoms with Gasteiger partial charge in [0.05, 0.1) is 6.61 Å². The Morgan fingerprint density at radius 1 is 1.23 bits per heavy atom. The Hall–Kier alpha value is -2.21. The van der Waals surface area contributed by atoms with Crippen molar-refractivity contribution in [1.82, 2.24) is 15.0 Å². The van der Waals surface area contributed by atoms with Gasteiger partial charge in [0.25, 0.3) is 0 Å². The quantitative estimate of drug-likeness (QED) is 0.726. The van der Waals surface area contributed by atoms with Crippen molar-refractivity contribution >= 4 is 5.91 Å². The third kappa shape index (κ3) is 5.14. The highest BCUT2D eigenvalue weighted by Gasteiger charge is 2.27. The van der Waals surface area contributed by atoms with E-state index in [0.717, 1.165) is 38.8 Å². The van der Waals surface area contributed by atoms with Crippen molar-refractivity contribution in [2.24, 2.45) is 0 Å². The van der Waals surface area contributed by atoms with Crippen molar-refractivity contribution < 1.29 is 14.1 Å². The molecular weight excluding hydrogens is 330 g/mol. The van der Waals surface area contributed by atoms with E-state index < -0.39 is 0 Å². The highest BCUT2D eigenvalue weighted by atomic mass is 16.5. The molecule has 0 unspecified atom stereocenters. The maximum atomic E-state index is 12.4. The second-order valence-corrected chi connectivity index (χ2v) is 6.79. The van der Waals surface area contributed by atoms with Crippen LogP contribution in [0.2, 0.25) is 0 Å². The van der Waals surface area contributed by atoms with Crippen molar-refractivity contribution in [1.29, 1.82) is 0 Å². The summed E-state index contributed by atoms with van der Waals surface area (Å²) in [5.41, 5.74) is 1.29. The number of rotatable bonds is 8. The van der Waals surface area contributed by atoms with Crippen LogP contribution in [0.5, 0.6) is 0 Å². The number of benzene rings is 1. The van der Waals surface area contributed by atoms with E-state index in [2.05, 4.69) is 22.3 Å². The number of amides is 1. The number of carbonyl (C=O) groups excluding carboxylic acids is 1. The molecule has 0 saturated carbocycles. The van der Waals surface area contributed by atoms with Crippen LogP contribution in [-0.4, -0.2) is 47.8 Å². The van der Waals surface area contributed by atoms with Gasteiger partial charge in [-0.05, 0) is 31.2 Å². The summed E-state index contributed by atoms with van der Waals surface area (Å²) < 4.78 is 10.4. The molecule has 6 heteroatoms. The summed E-state index contributed by atoms with van der Waals surface area (Å²) in [5, 5.41) is 4.01. The van der Waals surface area contributed by atoms with Crippen LogP contribution < -0.4 is 0 Å². The number of hydrogen-bond donors (Lipinski definition) is 0. The average Bonchev–Trinajstić information content (AvgIpc) is 3.16. The van der Waals surface area contributed by atoms with Gasteiger partial charge in [-0.15, -0.1) is 0 Å². The molecule has 2 aromatic rings. The number of ether oxygens (including phenoxy) is 1. The van der Waals surface area contributed by atoms with E-state index in [0.29, 0.717) is 31.2 Å².